The van der Waals surface area contributed by atoms with Gasteiger partial charge < -0.3 is 20.1 Å². The molecule has 1 aliphatic heterocycles. The van der Waals surface area contributed by atoms with Crippen molar-refractivity contribution in [1.29, 1.82) is 0 Å². The van der Waals surface area contributed by atoms with Crippen LogP contribution in [0.25, 0.3) is 0 Å². The summed E-state index contributed by atoms with van der Waals surface area (Å²) in [5.74, 6) is -0.346. The average Bonchev–Trinajstić information content (AvgIpc) is 3.20. The molecule has 0 bridgehead atoms. The molecular weight excluding hydrogens is 360 g/mol. The first kappa shape index (κ1) is 19.8. The molecule has 0 spiro atoms. The van der Waals surface area contributed by atoms with Gasteiger partial charge in [0.2, 0.25) is 5.95 Å². The van der Waals surface area contributed by atoms with Crippen LogP contribution in [0.5, 0.6) is 0 Å². The van der Waals surface area contributed by atoms with Crippen molar-refractivity contribution < 1.29 is 19.1 Å². The summed E-state index contributed by atoms with van der Waals surface area (Å²) in [5.41, 5.74) is 1.94. The van der Waals surface area contributed by atoms with Gasteiger partial charge in [-0.25, -0.2) is 14.8 Å². The fourth-order valence-corrected chi connectivity index (χ4v) is 2.87. The number of nitrogens with one attached hydrogen (secondary N) is 2. The first-order valence-electron chi connectivity index (χ1n) is 9.35. The SMILES string of the molecule is CCOC(=O)c1ccc(NC(=O)c2cc(C)nc(NCC3CCCO3)n2)cc1. The third-order valence-electron chi connectivity index (χ3n) is 4.25. The summed E-state index contributed by atoms with van der Waals surface area (Å²) in [5, 5.41) is 5.91. The van der Waals surface area contributed by atoms with E-state index >= 15 is 0 Å². The van der Waals surface area contributed by atoms with Crippen molar-refractivity contribution in [2.75, 3.05) is 30.4 Å². The highest BCUT2D eigenvalue weighted by atomic mass is 16.5. The molecule has 1 saturated heterocycles. The molecule has 2 aromatic rings. The second-order valence-electron chi connectivity index (χ2n) is 6.49. The predicted molar refractivity (Wildman–Crippen MR) is 105 cm³/mol. The summed E-state index contributed by atoms with van der Waals surface area (Å²) < 4.78 is 10.5. The smallest absolute Gasteiger partial charge is 0.338 e. The summed E-state index contributed by atoms with van der Waals surface area (Å²) in [7, 11) is 0. The minimum absolute atomic E-state index is 0.152. The third-order valence-corrected chi connectivity index (χ3v) is 4.25. The molecule has 8 heteroatoms. The number of hydrogen-bond donors (Lipinski definition) is 2. The van der Waals surface area contributed by atoms with E-state index in [9.17, 15) is 9.59 Å². The van der Waals surface area contributed by atoms with Crippen molar-refractivity contribution >= 4 is 23.5 Å². The molecule has 8 nitrogen and oxygen atoms in total. The molecule has 148 valence electrons. The molecule has 1 atom stereocenters. The van der Waals surface area contributed by atoms with Crippen LogP contribution in [0, 0.1) is 6.92 Å². The number of aryl methyl sites for hydroxylation is 1. The fraction of sp³-hybridized carbons (Fsp3) is 0.400. The number of esters is 1. The van der Waals surface area contributed by atoms with Gasteiger partial charge in [-0.3, -0.25) is 4.79 Å². The number of ether oxygens (including phenoxy) is 2. The number of rotatable bonds is 7. The van der Waals surface area contributed by atoms with Gasteiger partial charge in [-0.05, 0) is 57.0 Å². The third kappa shape index (κ3) is 5.26. The molecule has 1 aromatic heterocycles. The zero-order chi connectivity index (χ0) is 19.9. The molecule has 3 rings (SSSR count). The monoisotopic (exact) mass is 384 g/mol. The van der Waals surface area contributed by atoms with E-state index in [-0.39, 0.29) is 17.7 Å². The van der Waals surface area contributed by atoms with Gasteiger partial charge >= 0.3 is 5.97 Å². The van der Waals surface area contributed by atoms with E-state index in [1.54, 1.807) is 37.3 Å². The lowest BCUT2D eigenvalue weighted by Gasteiger charge is -2.12. The van der Waals surface area contributed by atoms with Crippen molar-refractivity contribution in [1.82, 2.24) is 9.97 Å². The lowest BCUT2D eigenvalue weighted by molar-refractivity contribution is 0.0526. The Labute approximate surface area is 163 Å². The molecule has 0 saturated carbocycles. The minimum atomic E-state index is -0.395. The van der Waals surface area contributed by atoms with Crippen LogP contribution >= 0.6 is 0 Å². The molecule has 1 amide bonds. The molecule has 1 fully saturated rings. The van der Waals surface area contributed by atoms with Crippen LogP contribution in [0.1, 0.15) is 46.3 Å². The van der Waals surface area contributed by atoms with Crippen LogP contribution in [0.2, 0.25) is 0 Å². The number of carbonyl (C=O) groups excluding carboxylic acids is 2. The minimum Gasteiger partial charge on any atom is -0.462 e. The number of anilines is 2. The maximum Gasteiger partial charge on any atom is 0.338 e. The zero-order valence-electron chi connectivity index (χ0n) is 16.0. The Morgan fingerprint density at radius 3 is 2.71 bits per heavy atom. The van der Waals surface area contributed by atoms with Crippen LogP contribution in [-0.2, 0) is 9.47 Å². The van der Waals surface area contributed by atoms with Crippen molar-refractivity contribution in [3.8, 4) is 0 Å². The molecule has 2 heterocycles. The Kier molecular flexibility index (Phi) is 6.54. The number of aromatic nitrogens is 2. The average molecular weight is 384 g/mol. The van der Waals surface area contributed by atoms with Crippen LogP contribution in [-0.4, -0.2) is 47.7 Å². The summed E-state index contributed by atoms with van der Waals surface area (Å²) in [6, 6.07) is 8.13. The molecular formula is C20H24N4O4. The summed E-state index contributed by atoms with van der Waals surface area (Å²) in [4.78, 5) is 32.9. The molecule has 0 radical (unpaired) electrons. The van der Waals surface area contributed by atoms with E-state index in [4.69, 9.17) is 9.47 Å². The molecule has 1 aromatic carbocycles. The summed E-state index contributed by atoms with van der Waals surface area (Å²) in [6.45, 7) is 5.26. The quantitative estimate of drug-likeness (QED) is 0.708. The normalized spacial score (nSPS) is 15.9. The van der Waals surface area contributed by atoms with Crippen LogP contribution < -0.4 is 10.6 Å². The van der Waals surface area contributed by atoms with Gasteiger partial charge in [0.05, 0.1) is 18.3 Å². The maximum absolute atomic E-state index is 12.6. The molecule has 1 aliphatic rings. The highest BCUT2D eigenvalue weighted by Crippen LogP contribution is 2.15. The van der Waals surface area contributed by atoms with E-state index in [1.807, 2.05) is 6.92 Å². The maximum atomic E-state index is 12.6. The van der Waals surface area contributed by atoms with Crippen molar-refractivity contribution in [3.63, 3.8) is 0 Å². The Bertz CT molecular complexity index is 833. The highest BCUT2D eigenvalue weighted by molar-refractivity contribution is 6.03. The Hall–Kier alpha value is -3.00. The summed E-state index contributed by atoms with van der Waals surface area (Å²) in [6.07, 6.45) is 2.22. The van der Waals surface area contributed by atoms with Crippen LogP contribution in [0.15, 0.2) is 30.3 Å². The molecule has 28 heavy (non-hydrogen) atoms. The predicted octanol–water partition coefficient (Wildman–Crippen LogP) is 2.80. The highest BCUT2D eigenvalue weighted by Gasteiger charge is 2.17. The van der Waals surface area contributed by atoms with Crippen molar-refractivity contribution in [3.05, 3.63) is 47.3 Å². The van der Waals surface area contributed by atoms with Gasteiger partial charge in [0.1, 0.15) is 5.69 Å². The van der Waals surface area contributed by atoms with E-state index in [0.29, 0.717) is 36.0 Å². The fourth-order valence-electron chi connectivity index (χ4n) is 2.87. The van der Waals surface area contributed by atoms with Gasteiger partial charge in [0, 0.05) is 24.5 Å². The van der Waals surface area contributed by atoms with Gasteiger partial charge in [-0.15, -0.1) is 0 Å². The van der Waals surface area contributed by atoms with Crippen LogP contribution in [0.4, 0.5) is 11.6 Å². The Morgan fingerprint density at radius 2 is 2.04 bits per heavy atom. The summed E-state index contributed by atoms with van der Waals surface area (Å²) >= 11 is 0. The molecule has 1 unspecified atom stereocenters. The second kappa shape index (κ2) is 9.27. The number of benzene rings is 1. The van der Waals surface area contributed by atoms with Gasteiger partial charge in [0.25, 0.3) is 5.91 Å². The van der Waals surface area contributed by atoms with E-state index in [2.05, 4.69) is 20.6 Å². The van der Waals surface area contributed by atoms with Gasteiger partial charge in [-0.2, -0.15) is 0 Å². The van der Waals surface area contributed by atoms with E-state index in [1.165, 1.54) is 0 Å². The zero-order valence-corrected chi connectivity index (χ0v) is 16.0. The first-order chi connectivity index (χ1) is 13.5. The molecule has 2 N–H and O–H groups in total. The Morgan fingerprint density at radius 1 is 1.25 bits per heavy atom. The first-order valence-corrected chi connectivity index (χ1v) is 9.35. The van der Waals surface area contributed by atoms with E-state index in [0.717, 1.165) is 19.4 Å². The topological polar surface area (TPSA) is 102 Å². The number of carbonyl (C=O) groups is 2. The lowest BCUT2D eigenvalue weighted by Crippen LogP contribution is -2.21. The molecule has 0 aliphatic carbocycles. The van der Waals surface area contributed by atoms with Crippen molar-refractivity contribution in [2.24, 2.45) is 0 Å². The van der Waals surface area contributed by atoms with Crippen molar-refractivity contribution in [2.45, 2.75) is 32.8 Å². The standard InChI is InChI=1S/C20H24N4O4/c1-3-27-19(26)14-6-8-15(9-7-14)23-18(25)17-11-13(2)22-20(24-17)21-12-16-5-4-10-28-16/h6-9,11,16H,3-5,10,12H2,1-2H3,(H,23,25)(H,21,22,24). The van der Waals surface area contributed by atoms with Crippen LogP contribution in [0.3, 0.4) is 0 Å². The van der Waals surface area contributed by atoms with Gasteiger partial charge in [0.15, 0.2) is 0 Å². The van der Waals surface area contributed by atoms with Gasteiger partial charge in [-0.1, -0.05) is 0 Å². The number of hydrogen-bond acceptors (Lipinski definition) is 7. The second-order valence-corrected chi connectivity index (χ2v) is 6.49. The number of nitrogens with zero attached hydrogens (tertiary/aromatic N) is 2. The number of amides is 1. The Balaban J connectivity index is 1.63. The largest absolute Gasteiger partial charge is 0.462 e. The van der Waals surface area contributed by atoms with E-state index < -0.39 is 5.97 Å². The lowest BCUT2D eigenvalue weighted by atomic mass is 10.2.